The number of carbonyl (C=O) groups is 5. The Bertz CT molecular complexity index is 1030. The molecule has 0 unspecified atom stereocenters. The largest absolute Gasteiger partial charge is 0.394 e. The van der Waals surface area contributed by atoms with E-state index in [1.807, 2.05) is 0 Å². The molecule has 1 saturated carbocycles. The number of carbonyl (C=O) groups excluding carboxylic acids is 5. The first-order valence-corrected chi connectivity index (χ1v) is 12.9. The minimum atomic E-state index is -1.36. The van der Waals surface area contributed by atoms with Crippen molar-refractivity contribution in [2.45, 2.75) is 70.1 Å². The molecule has 1 aliphatic carbocycles. The van der Waals surface area contributed by atoms with Gasteiger partial charge in [-0.25, -0.2) is 4.39 Å². The van der Waals surface area contributed by atoms with Gasteiger partial charge in [0.15, 0.2) is 0 Å². The molecule has 5 amide bonds. The van der Waals surface area contributed by atoms with E-state index in [-0.39, 0.29) is 25.2 Å². The molecule has 2 aliphatic rings. The molecular formula is C26H36FN5O6. The third kappa shape index (κ3) is 8.51. The zero-order valence-corrected chi connectivity index (χ0v) is 21.6. The van der Waals surface area contributed by atoms with Gasteiger partial charge in [-0.1, -0.05) is 26.0 Å². The van der Waals surface area contributed by atoms with Crippen molar-refractivity contribution >= 4 is 29.5 Å². The van der Waals surface area contributed by atoms with Crippen molar-refractivity contribution in [2.75, 3.05) is 13.2 Å². The maximum absolute atomic E-state index is 13.5. The number of rotatable bonds is 6. The summed E-state index contributed by atoms with van der Waals surface area (Å²) >= 11 is 0. The Hall–Kier alpha value is -3.54. The molecule has 1 aromatic rings. The minimum Gasteiger partial charge on any atom is -0.394 e. The molecule has 6 N–H and O–H groups in total. The number of benzene rings is 1. The number of hydrogen-bond donors (Lipinski definition) is 6. The van der Waals surface area contributed by atoms with Gasteiger partial charge in [0.2, 0.25) is 29.5 Å². The maximum atomic E-state index is 13.5. The minimum absolute atomic E-state index is 0.00660. The van der Waals surface area contributed by atoms with Crippen LogP contribution in [0.1, 0.15) is 57.6 Å². The highest BCUT2D eigenvalue weighted by molar-refractivity contribution is 5.93. The summed E-state index contributed by atoms with van der Waals surface area (Å²) in [7, 11) is 0. The van der Waals surface area contributed by atoms with E-state index in [0.717, 1.165) is 12.8 Å². The number of hydrogen-bond acceptors (Lipinski definition) is 6. The van der Waals surface area contributed by atoms with Crippen molar-refractivity contribution in [2.24, 2.45) is 11.8 Å². The van der Waals surface area contributed by atoms with Crippen LogP contribution in [0.5, 0.6) is 0 Å². The van der Waals surface area contributed by atoms with E-state index >= 15 is 0 Å². The molecule has 2 fully saturated rings. The Morgan fingerprint density at radius 2 is 1.66 bits per heavy atom. The summed E-state index contributed by atoms with van der Waals surface area (Å²) in [5.41, 5.74) is 0.411. The highest BCUT2D eigenvalue weighted by atomic mass is 19.1. The van der Waals surface area contributed by atoms with Gasteiger partial charge in [0, 0.05) is 13.0 Å². The summed E-state index contributed by atoms with van der Waals surface area (Å²) in [5, 5.41) is 23.0. The van der Waals surface area contributed by atoms with E-state index in [0.29, 0.717) is 18.0 Å². The second kappa shape index (κ2) is 13.3. The fraction of sp³-hybridized carbons (Fsp3) is 0.577. The van der Waals surface area contributed by atoms with Crippen molar-refractivity contribution in [3.8, 4) is 0 Å². The molecule has 3 rings (SSSR count). The lowest BCUT2D eigenvalue weighted by molar-refractivity contribution is -0.134. The van der Waals surface area contributed by atoms with E-state index in [2.05, 4.69) is 26.6 Å². The normalized spacial score (nSPS) is 25.8. The van der Waals surface area contributed by atoms with Crippen molar-refractivity contribution in [3.63, 3.8) is 0 Å². The van der Waals surface area contributed by atoms with E-state index in [4.69, 9.17) is 0 Å². The van der Waals surface area contributed by atoms with Gasteiger partial charge in [0.1, 0.15) is 23.9 Å². The number of amides is 5. The van der Waals surface area contributed by atoms with Crippen LogP contribution in [0.25, 0.3) is 0 Å². The van der Waals surface area contributed by atoms with Crippen molar-refractivity contribution < 1.29 is 33.5 Å². The SMILES string of the molecule is CC(C)[C@H]1NC(=O)CC[C@@H](C(=O)NCC2CC2)NC(=O)C[C@H](c2ccc(F)cc2)NC(=O)[C@H](CO)NC1=O. The molecule has 0 spiro atoms. The standard InChI is InChI=1S/C26H36FN5O6/c1-14(2)23-26(38)31-20(13-33)25(37)30-19(16-5-7-17(27)8-6-16)11-22(35)29-18(9-10-21(34)32-23)24(36)28-12-15-3-4-15/h5-8,14-15,18-20,23,33H,3-4,9-13H2,1-2H3,(H,28,36)(H,29,35)(H,30,37)(H,31,38)(H,32,34)/t18-,19+,20-,23+/m0/s1. The zero-order chi connectivity index (χ0) is 27.8. The monoisotopic (exact) mass is 533 g/mol. The first-order valence-electron chi connectivity index (χ1n) is 12.9. The lowest BCUT2D eigenvalue weighted by Gasteiger charge is -2.26. The summed E-state index contributed by atoms with van der Waals surface area (Å²) in [5.74, 6) is -3.39. The summed E-state index contributed by atoms with van der Waals surface area (Å²) in [6, 6.07) is 0.847. The first-order chi connectivity index (χ1) is 18.1. The zero-order valence-electron chi connectivity index (χ0n) is 21.6. The summed E-state index contributed by atoms with van der Waals surface area (Å²) in [6.07, 6.45) is 1.59. The van der Waals surface area contributed by atoms with Gasteiger partial charge in [0.05, 0.1) is 19.1 Å². The Labute approximate surface area is 220 Å². The van der Waals surface area contributed by atoms with Gasteiger partial charge in [-0.2, -0.15) is 0 Å². The van der Waals surface area contributed by atoms with Crippen LogP contribution in [0.2, 0.25) is 0 Å². The average molecular weight is 534 g/mol. The van der Waals surface area contributed by atoms with E-state index in [1.165, 1.54) is 24.3 Å². The summed E-state index contributed by atoms with van der Waals surface area (Å²) in [4.78, 5) is 64.5. The molecule has 12 heteroatoms. The quantitative estimate of drug-likeness (QED) is 0.296. The van der Waals surface area contributed by atoms with E-state index in [1.54, 1.807) is 13.8 Å². The Morgan fingerprint density at radius 3 is 2.26 bits per heavy atom. The van der Waals surface area contributed by atoms with Crippen LogP contribution in [-0.4, -0.2) is 65.9 Å². The van der Waals surface area contributed by atoms with Gasteiger partial charge >= 0.3 is 0 Å². The van der Waals surface area contributed by atoms with Crippen molar-refractivity contribution in [1.29, 1.82) is 0 Å². The fourth-order valence-electron chi connectivity index (χ4n) is 4.13. The highest BCUT2D eigenvalue weighted by Gasteiger charge is 2.32. The molecule has 208 valence electrons. The van der Waals surface area contributed by atoms with Gasteiger partial charge in [-0.3, -0.25) is 24.0 Å². The van der Waals surface area contributed by atoms with Gasteiger partial charge in [0.25, 0.3) is 0 Å². The maximum Gasteiger partial charge on any atom is 0.245 e. The van der Waals surface area contributed by atoms with Crippen molar-refractivity contribution in [1.82, 2.24) is 26.6 Å². The fourth-order valence-corrected chi connectivity index (χ4v) is 4.13. The summed E-state index contributed by atoms with van der Waals surface area (Å²) in [6.45, 7) is 3.17. The van der Waals surface area contributed by atoms with Gasteiger partial charge in [-0.15, -0.1) is 0 Å². The molecule has 1 heterocycles. The number of aliphatic hydroxyl groups excluding tert-OH is 1. The summed E-state index contributed by atoms with van der Waals surface area (Å²) < 4.78 is 13.5. The Balaban J connectivity index is 1.89. The van der Waals surface area contributed by atoms with Gasteiger partial charge in [-0.05, 0) is 48.8 Å². The van der Waals surface area contributed by atoms with Crippen LogP contribution in [0.3, 0.4) is 0 Å². The van der Waals surface area contributed by atoms with Crippen molar-refractivity contribution in [3.05, 3.63) is 35.6 Å². The predicted molar refractivity (Wildman–Crippen MR) is 135 cm³/mol. The Kier molecular flexibility index (Phi) is 10.2. The molecule has 0 aromatic heterocycles. The topological polar surface area (TPSA) is 166 Å². The van der Waals surface area contributed by atoms with Crippen LogP contribution in [0.15, 0.2) is 24.3 Å². The predicted octanol–water partition coefficient (Wildman–Crippen LogP) is -0.204. The van der Waals surface area contributed by atoms with Crippen LogP contribution in [-0.2, 0) is 24.0 Å². The van der Waals surface area contributed by atoms with E-state index in [9.17, 15) is 33.5 Å². The average Bonchev–Trinajstić information content (AvgIpc) is 3.70. The molecule has 0 bridgehead atoms. The number of halogens is 1. The van der Waals surface area contributed by atoms with Gasteiger partial charge < -0.3 is 31.7 Å². The first kappa shape index (κ1) is 29.0. The number of nitrogens with one attached hydrogen (secondary N) is 5. The molecule has 1 aliphatic heterocycles. The third-order valence-corrected chi connectivity index (χ3v) is 6.63. The molecular weight excluding hydrogens is 497 g/mol. The van der Waals surface area contributed by atoms with Crippen LogP contribution >= 0.6 is 0 Å². The van der Waals surface area contributed by atoms with E-state index < -0.39 is 66.1 Å². The third-order valence-electron chi connectivity index (χ3n) is 6.63. The van der Waals surface area contributed by atoms with Crippen LogP contribution in [0, 0.1) is 17.7 Å². The number of aliphatic hydroxyl groups is 1. The second-order valence-electron chi connectivity index (χ2n) is 10.2. The Morgan fingerprint density at radius 1 is 0.974 bits per heavy atom. The smallest absolute Gasteiger partial charge is 0.245 e. The molecule has 4 atom stereocenters. The van der Waals surface area contributed by atoms with Crippen LogP contribution in [0.4, 0.5) is 4.39 Å². The molecule has 0 radical (unpaired) electrons. The highest BCUT2D eigenvalue weighted by Crippen LogP contribution is 2.27. The molecule has 1 aromatic carbocycles. The van der Waals surface area contributed by atoms with Crippen LogP contribution < -0.4 is 26.6 Å². The lowest BCUT2D eigenvalue weighted by Crippen LogP contribution is -2.56. The molecule has 38 heavy (non-hydrogen) atoms. The second-order valence-corrected chi connectivity index (χ2v) is 10.2. The molecule has 11 nitrogen and oxygen atoms in total. The lowest BCUT2D eigenvalue weighted by atomic mass is 10.0. The molecule has 1 saturated heterocycles.